The molecule has 0 fully saturated rings. The maximum absolute atomic E-state index is 5.68. The van der Waals surface area contributed by atoms with Crippen LogP contribution in [0.15, 0.2) is 67.1 Å². The van der Waals surface area contributed by atoms with Gasteiger partial charge in [-0.15, -0.1) is 0 Å². The highest BCUT2D eigenvalue weighted by atomic mass is 15.3. The standard InChI is InChI=1S/C18H15N5/c19-10-13-6-8-15(9-7-13)17-16(14-4-2-1-3-5-14)11-23-18(22-17)20-12-21-23/h1-9,11-12H,10,19H2. The van der Waals surface area contributed by atoms with E-state index in [1.54, 1.807) is 4.52 Å². The Kier molecular flexibility index (Phi) is 3.33. The molecule has 0 saturated carbocycles. The van der Waals surface area contributed by atoms with Gasteiger partial charge in [0, 0.05) is 23.9 Å². The van der Waals surface area contributed by atoms with Crippen LogP contribution >= 0.6 is 0 Å². The molecule has 0 aliphatic rings. The maximum atomic E-state index is 5.68. The lowest BCUT2D eigenvalue weighted by Gasteiger charge is -2.10. The molecule has 112 valence electrons. The van der Waals surface area contributed by atoms with Gasteiger partial charge in [-0.3, -0.25) is 0 Å². The molecule has 0 aliphatic carbocycles. The second-order valence-electron chi connectivity index (χ2n) is 5.27. The highest BCUT2D eigenvalue weighted by Crippen LogP contribution is 2.30. The summed E-state index contributed by atoms with van der Waals surface area (Å²) in [5, 5.41) is 4.19. The van der Waals surface area contributed by atoms with Crippen molar-refractivity contribution in [2.75, 3.05) is 0 Å². The number of nitrogens with zero attached hydrogens (tertiary/aromatic N) is 4. The van der Waals surface area contributed by atoms with Crippen molar-refractivity contribution in [3.8, 4) is 22.4 Å². The summed E-state index contributed by atoms with van der Waals surface area (Å²) in [7, 11) is 0. The molecule has 2 aromatic carbocycles. The van der Waals surface area contributed by atoms with Gasteiger partial charge in [-0.1, -0.05) is 54.6 Å². The van der Waals surface area contributed by atoms with E-state index in [2.05, 4.69) is 22.2 Å². The molecule has 4 aromatic rings. The Morgan fingerprint density at radius 2 is 1.70 bits per heavy atom. The number of benzene rings is 2. The van der Waals surface area contributed by atoms with Gasteiger partial charge in [0.05, 0.1) is 5.69 Å². The van der Waals surface area contributed by atoms with Crippen molar-refractivity contribution in [3.05, 3.63) is 72.7 Å². The number of aromatic nitrogens is 4. The summed E-state index contributed by atoms with van der Waals surface area (Å²) in [6, 6.07) is 18.3. The topological polar surface area (TPSA) is 69.1 Å². The predicted molar refractivity (Wildman–Crippen MR) is 89.5 cm³/mol. The summed E-state index contributed by atoms with van der Waals surface area (Å²) < 4.78 is 1.69. The first-order chi connectivity index (χ1) is 11.3. The summed E-state index contributed by atoms with van der Waals surface area (Å²) >= 11 is 0. The molecule has 0 saturated heterocycles. The Morgan fingerprint density at radius 3 is 2.43 bits per heavy atom. The molecule has 2 aromatic heterocycles. The number of hydrogen-bond donors (Lipinski definition) is 1. The number of rotatable bonds is 3. The summed E-state index contributed by atoms with van der Waals surface area (Å²) in [5.41, 5.74) is 10.8. The van der Waals surface area contributed by atoms with Crippen LogP contribution in [0.5, 0.6) is 0 Å². The molecular weight excluding hydrogens is 286 g/mol. The predicted octanol–water partition coefficient (Wildman–Crippen LogP) is 2.92. The van der Waals surface area contributed by atoms with Crippen LogP contribution in [0, 0.1) is 0 Å². The fourth-order valence-electron chi connectivity index (χ4n) is 2.61. The van der Waals surface area contributed by atoms with E-state index in [-0.39, 0.29) is 0 Å². The molecule has 0 radical (unpaired) electrons. The monoisotopic (exact) mass is 301 g/mol. The third kappa shape index (κ3) is 2.47. The van der Waals surface area contributed by atoms with Crippen LogP contribution in [-0.4, -0.2) is 19.6 Å². The van der Waals surface area contributed by atoms with Crippen molar-refractivity contribution in [1.29, 1.82) is 0 Å². The van der Waals surface area contributed by atoms with Gasteiger partial charge in [-0.25, -0.2) is 9.50 Å². The molecule has 0 unspecified atom stereocenters. The van der Waals surface area contributed by atoms with E-state index in [0.717, 1.165) is 27.9 Å². The van der Waals surface area contributed by atoms with Gasteiger partial charge in [0.15, 0.2) is 0 Å². The number of nitrogens with two attached hydrogens (primary N) is 1. The van der Waals surface area contributed by atoms with E-state index in [9.17, 15) is 0 Å². The third-order valence-corrected chi connectivity index (χ3v) is 3.82. The van der Waals surface area contributed by atoms with Crippen molar-refractivity contribution < 1.29 is 0 Å². The summed E-state index contributed by atoms with van der Waals surface area (Å²) in [6.07, 6.45) is 3.48. The average Bonchev–Trinajstić information content (AvgIpc) is 3.09. The Hall–Kier alpha value is -3.05. The Bertz CT molecular complexity index is 942. The Labute approximate surface area is 133 Å². The van der Waals surface area contributed by atoms with Crippen LogP contribution in [0.2, 0.25) is 0 Å². The molecule has 0 spiro atoms. The highest BCUT2D eigenvalue weighted by molar-refractivity contribution is 5.81. The minimum Gasteiger partial charge on any atom is -0.326 e. The van der Waals surface area contributed by atoms with Crippen molar-refractivity contribution in [3.63, 3.8) is 0 Å². The van der Waals surface area contributed by atoms with Crippen LogP contribution in [0.4, 0.5) is 0 Å². The first kappa shape index (κ1) is 13.6. The van der Waals surface area contributed by atoms with Gasteiger partial charge in [-0.2, -0.15) is 10.1 Å². The molecular formula is C18H15N5. The summed E-state index contributed by atoms with van der Waals surface area (Å²) in [6.45, 7) is 0.530. The lowest BCUT2D eigenvalue weighted by molar-refractivity contribution is 0.942. The van der Waals surface area contributed by atoms with E-state index in [0.29, 0.717) is 12.3 Å². The zero-order valence-corrected chi connectivity index (χ0v) is 12.4. The highest BCUT2D eigenvalue weighted by Gasteiger charge is 2.12. The second kappa shape index (κ2) is 5.62. The lowest BCUT2D eigenvalue weighted by atomic mass is 10.00. The molecule has 2 heterocycles. The number of fused-ring (bicyclic) bond motifs is 1. The fourth-order valence-corrected chi connectivity index (χ4v) is 2.61. The minimum atomic E-state index is 0.530. The van der Waals surface area contributed by atoms with Crippen molar-refractivity contribution in [1.82, 2.24) is 19.6 Å². The fraction of sp³-hybridized carbons (Fsp3) is 0.0556. The Balaban J connectivity index is 1.95. The molecule has 5 heteroatoms. The SMILES string of the molecule is NCc1ccc(-c2nc3ncnn3cc2-c2ccccc2)cc1. The van der Waals surface area contributed by atoms with Crippen LogP contribution < -0.4 is 5.73 Å². The van der Waals surface area contributed by atoms with Crippen LogP contribution in [0.1, 0.15) is 5.56 Å². The molecule has 0 atom stereocenters. The van der Waals surface area contributed by atoms with Gasteiger partial charge in [0.1, 0.15) is 6.33 Å². The quantitative estimate of drug-likeness (QED) is 0.631. The van der Waals surface area contributed by atoms with Gasteiger partial charge in [0.25, 0.3) is 5.78 Å². The van der Waals surface area contributed by atoms with E-state index in [1.165, 1.54) is 6.33 Å². The zero-order chi connectivity index (χ0) is 15.6. The van der Waals surface area contributed by atoms with Crippen molar-refractivity contribution in [2.24, 2.45) is 5.73 Å². The van der Waals surface area contributed by atoms with Crippen LogP contribution in [-0.2, 0) is 6.54 Å². The van der Waals surface area contributed by atoms with Crippen LogP contribution in [0.25, 0.3) is 28.2 Å². The van der Waals surface area contributed by atoms with E-state index in [1.807, 2.05) is 48.7 Å². The Morgan fingerprint density at radius 1 is 0.913 bits per heavy atom. The minimum absolute atomic E-state index is 0.530. The first-order valence-electron chi connectivity index (χ1n) is 7.40. The van der Waals surface area contributed by atoms with Gasteiger partial charge in [0.2, 0.25) is 0 Å². The molecule has 0 bridgehead atoms. The molecule has 5 nitrogen and oxygen atoms in total. The summed E-state index contributed by atoms with van der Waals surface area (Å²) in [5.74, 6) is 0.586. The normalized spacial score (nSPS) is 11.0. The lowest BCUT2D eigenvalue weighted by Crippen LogP contribution is -1.98. The molecule has 4 rings (SSSR count). The molecule has 0 amide bonds. The first-order valence-corrected chi connectivity index (χ1v) is 7.40. The van der Waals surface area contributed by atoms with Gasteiger partial charge >= 0.3 is 0 Å². The molecule has 23 heavy (non-hydrogen) atoms. The smallest absolute Gasteiger partial charge is 0.252 e. The zero-order valence-electron chi connectivity index (χ0n) is 12.4. The van der Waals surface area contributed by atoms with Crippen molar-refractivity contribution in [2.45, 2.75) is 6.54 Å². The van der Waals surface area contributed by atoms with Crippen LogP contribution in [0.3, 0.4) is 0 Å². The van der Waals surface area contributed by atoms with E-state index >= 15 is 0 Å². The van der Waals surface area contributed by atoms with E-state index in [4.69, 9.17) is 10.7 Å². The van der Waals surface area contributed by atoms with Gasteiger partial charge in [-0.05, 0) is 11.1 Å². The molecule has 2 N–H and O–H groups in total. The number of hydrogen-bond acceptors (Lipinski definition) is 4. The summed E-state index contributed by atoms with van der Waals surface area (Å²) in [4.78, 5) is 8.89. The second-order valence-corrected chi connectivity index (χ2v) is 5.27. The van der Waals surface area contributed by atoms with E-state index < -0.39 is 0 Å². The largest absolute Gasteiger partial charge is 0.326 e. The maximum Gasteiger partial charge on any atom is 0.252 e. The van der Waals surface area contributed by atoms with Gasteiger partial charge < -0.3 is 5.73 Å². The molecule has 0 aliphatic heterocycles. The van der Waals surface area contributed by atoms with Crippen molar-refractivity contribution >= 4 is 5.78 Å². The average molecular weight is 301 g/mol. The third-order valence-electron chi connectivity index (χ3n) is 3.82.